The van der Waals surface area contributed by atoms with Crippen LogP contribution in [0.25, 0.3) is 0 Å². The van der Waals surface area contributed by atoms with Gasteiger partial charge in [-0.15, -0.1) is 0 Å². The van der Waals surface area contributed by atoms with Crippen LogP contribution in [0.15, 0.2) is 42.5 Å². The van der Waals surface area contributed by atoms with E-state index in [4.69, 9.17) is 0 Å². The minimum Gasteiger partial charge on any atom is -0.312 e. The molecular weight excluding hydrogens is 314 g/mol. The first-order valence-corrected chi connectivity index (χ1v) is 8.69. The molecule has 1 saturated carbocycles. The maximum Gasteiger partial charge on any atom is 0.323 e. The second-order valence-electron chi connectivity index (χ2n) is 6.80. The number of urea groups is 1. The highest BCUT2D eigenvalue weighted by atomic mass is 16.2. The quantitative estimate of drug-likeness (QED) is 0.892. The second-order valence-corrected chi connectivity index (χ2v) is 6.80. The Morgan fingerprint density at radius 1 is 1.00 bits per heavy atom. The monoisotopic (exact) mass is 335 g/mol. The van der Waals surface area contributed by atoms with Crippen molar-refractivity contribution in [3.05, 3.63) is 53.6 Å². The third kappa shape index (κ3) is 3.36. The van der Waals surface area contributed by atoms with E-state index < -0.39 is 0 Å². The van der Waals surface area contributed by atoms with Crippen molar-refractivity contribution in [3.63, 3.8) is 0 Å². The predicted octanol–water partition coefficient (Wildman–Crippen LogP) is 3.94. The molecule has 1 fully saturated rings. The van der Waals surface area contributed by atoms with Gasteiger partial charge in [-0.1, -0.05) is 23.8 Å². The minimum atomic E-state index is -0.290. The van der Waals surface area contributed by atoms with Crippen molar-refractivity contribution in [2.24, 2.45) is 5.92 Å². The fraction of sp³-hybridized carbons (Fsp3) is 0.300. The molecule has 2 N–H and O–H groups in total. The minimum absolute atomic E-state index is 0.201. The van der Waals surface area contributed by atoms with Gasteiger partial charge in [-0.2, -0.15) is 0 Å². The molecule has 0 radical (unpaired) electrons. The van der Waals surface area contributed by atoms with Crippen LogP contribution in [0.1, 0.15) is 24.0 Å². The van der Waals surface area contributed by atoms with Crippen molar-refractivity contribution in [1.29, 1.82) is 0 Å². The zero-order valence-electron chi connectivity index (χ0n) is 14.2. The zero-order chi connectivity index (χ0) is 17.4. The van der Waals surface area contributed by atoms with Gasteiger partial charge in [0.2, 0.25) is 5.91 Å². The van der Waals surface area contributed by atoms with E-state index in [0.717, 1.165) is 42.7 Å². The first-order valence-electron chi connectivity index (χ1n) is 8.69. The number of anilines is 3. The van der Waals surface area contributed by atoms with Gasteiger partial charge in [-0.25, -0.2) is 4.79 Å². The number of amides is 3. The van der Waals surface area contributed by atoms with Gasteiger partial charge in [0.25, 0.3) is 0 Å². The Bertz CT molecular complexity index is 825. The average Bonchev–Trinajstić information content (AvgIpc) is 3.36. The summed E-state index contributed by atoms with van der Waals surface area (Å²) >= 11 is 0. The van der Waals surface area contributed by atoms with Gasteiger partial charge in [-0.05, 0) is 56.0 Å². The van der Waals surface area contributed by atoms with Crippen molar-refractivity contribution in [1.82, 2.24) is 0 Å². The molecule has 0 unspecified atom stereocenters. The summed E-state index contributed by atoms with van der Waals surface area (Å²) in [7, 11) is 0. The Hall–Kier alpha value is -2.82. The lowest BCUT2D eigenvalue weighted by Gasteiger charge is -2.18. The molecule has 1 aliphatic carbocycles. The molecule has 0 bridgehead atoms. The Morgan fingerprint density at radius 3 is 2.40 bits per heavy atom. The van der Waals surface area contributed by atoms with Crippen LogP contribution in [0.3, 0.4) is 0 Å². The van der Waals surface area contributed by atoms with Crippen LogP contribution >= 0.6 is 0 Å². The lowest BCUT2D eigenvalue weighted by atomic mass is 10.1. The first-order chi connectivity index (χ1) is 12.1. The summed E-state index contributed by atoms with van der Waals surface area (Å²) in [6.07, 6.45) is 2.88. The molecule has 2 aromatic rings. The predicted molar refractivity (Wildman–Crippen MR) is 99.0 cm³/mol. The van der Waals surface area contributed by atoms with Gasteiger partial charge in [0.1, 0.15) is 0 Å². The number of nitrogens with one attached hydrogen (secondary N) is 2. The number of nitrogens with zero attached hydrogens (tertiary/aromatic N) is 1. The Morgan fingerprint density at radius 2 is 1.68 bits per heavy atom. The topological polar surface area (TPSA) is 61.4 Å². The number of carbonyl (C=O) groups excluding carboxylic acids is 2. The van der Waals surface area contributed by atoms with Crippen molar-refractivity contribution in [2.45, 2.75) is 26.2 Å². The summed E-state index contributed by atoms with van der Waals surface area (Å²) in [4.78, 5) is 26.5. The van der Waals surface area contributed by atoms with Crippen LogP contribution in [0.2, 0.25) is 0 Å². The molecule has 0 atom stereocenters. The largest absolute Gasteiger partial charge is 0.323 e. The maximum absolute atomic E-state index is 12.4. The Labute approximate surface area is 147 Å². The molecule has 0 aromatic heterocycles. The molecule has 3 amide bonds. The van der Waals surface area contributed by atoms with Crippen LogP contribution in [-0.4, -0.2) is 18.5 Å². The standard InChI is InChI=1S/C20H21N3O2/c1-13-2-7-16(8-3-13)21-20(25)22-17-9-6-14-10-11-23(18(14)12-17)19(24)15-4-5-15/h2-3,6-9,12,15H,4-5,10-11H2,1H3,(H2,21,22,25). The summed E-state index contributed by atoms with van der Waals surface area (Å²) < 4.78 is 0. The van der Waals surface area contributed by atoms with Gasteiger partial charge in [0.15, 0.2) is 0 Å². The highest BCUT2D eigenvalue weighted by Gasteiger charge is 2.36. The average molecular weight is 335 g/mol. The van der Waals surface area contributed by atoms with Crippen molar-refractivity contribution in [2.75, 3.05) is 22.1 Å². The fourth-order valence-corrected chi connectivity index (χ4v) is 3.17. The molecule has 4 rings (SSSR count). The zero-order valence-corrected chi connectivity index (χ0v) is 14.2. The molecule has 25 heavy (non-hydrogen) atoms. The normalized spacial score (nSPS) is 15.6. The van der Waals surface area contributed by atoms with Gasteiger partial charge >= 0.3 is 6.03 Å². The molecule has 1 heterocycles. The van der Waals surface area contributed by atoms with E-state index in [1.54, 1.807) is 0 Å². The number of hydrogen-bond acceptors (Lipinski definition) is 2. The van der Waals surface area contributed by atoms with Crippen LogP contribution in [0.5, 0.6) is 0 Å². The number of fused-ring (bicyclic) bond motifs is 1. The Kier molecular flexibility index (Phi) is 3.92. The van der Waals surface area contributed by atoms with Crippen molar-refractivity contribution < 1.29 is 9.59 Å². The van der Waals surface area contributed by atoms with Crippen molar-refractivity contribution in [3.8, 4) is 0 Å². The van der Waals surface area contributed by atoms with Crippen LogP contribution in [0.4, 0.5) is 21.9 Å². The highest BCUT2D eigenvalue weighted by Crippen LogP contribution is 2.37. The first kappa shape index (κ1) is 15.7. The number of hydrogen-bond donors (Lipinski definition) is 2. The van der Waals surface area contributed by atoms with Crippen LogP contribution < -0.4 is 15.5 Å². The second kappa shape index (κ2) is 6.24. The SMILES string of the molecule is Cc1ccc(NC(=O)Nc2ccc3c(c2)N(C(=O)C2CC2)CC3)cc1. The molecule has 1 aliphatic heterocycles. The van der Waals surface area contributed by atoms with E-state index in [2.05, 4.69) is 10.6 Å². The molecule has 5 heteroatoms. The van der Waals surface area contributed by atoms with E-state index in [0.29, 0.717) is 5.69 Å². The van der Waals surface area contributed by atoms with Gasteiger partial charge in [-0.3, -0.25) is 4.79 Å². The van der Waals surface area contributed by atoms with Crippen LogP contribution in [-0.2, 0) is 11.2 Å². The summed E-state index contributed by atoms with van der Waals surface area (Å²) in [6.45, 7) is 2.74. The lowest BCUT2D eigenvalue weighted by Crippen LogP contribution is -2.30. The number of benzene rings is 2. The highest BCUT2D eigenvalue weighted by molar-refractivity contribution is 6.02. The van der Waals surface area contributed by atoms with E-state index >= 15 is 0 Å². The molecule has 5 nitrogen and oxygen atoms in total. The van der Waals surface area contributed by atoms with Crippen LogP contribution in [0, 0.1) is 12.8 Å². The molecular formula is C20H21N3O2. The third-order valence-corrected chi connectivity index (χ3v) is 4.74. The van der Waals surface area contributed by atoms with E-state index in [1.165, 1.54) is 5.56 Å². The third-order valence-electron chi connectivity index (χ3n) is 4.74. The molecule has 0 spiro atoms. The molecule has 2 aromatic carbocycles. The summed E-state index contributed by atoms with van der Waals surface area (Å²) in [5.41, 5.74) is 4.68. The molecule has 0 saturated heterocycles. The summed E-state index contributed by atoms with van der Waals surface area (Å²) in [5.74, 6) is 0.424. The van der Waals surface area contributed by atoms with Gasteiger partial charge < -0.3 is 15.5 Å². The van der Waals surface area contributed by atoms with E-state index in [9.17, 15) is 9.59 Å². The number of aryl methyl sites for hydroxylation is 1. The lowest BCUT2D eigenvalue weighted by molar-refractivity contribution is -0.119. The van der Waals surface area contributed by atoms with E-state index in [-0.39, 0.29) is 17.9 Å². The van der Waals surface area contributed by atoms with Gasteiger partial charge in [0.05, 0.1) is 0 Å². The number of carbonyl (C=O) groups is 2. The molecule has 2 aliphatic rings. The smallest absolute Gasteiger partial charge is 0.312 e. The maximum atomic E-state index is 12.4. The number of rotatable bonds is 3. The fourth-order valence-electron chi connectivity index (χ4n) is 3.17. The van der Waals surface area contributed by atoms with E-state index in [1.807, 2.05) is 54.3 Å². The Balaban J connectivity index is 1.46. The molecule has 128 valence electrons. The van der Waals surface area contributed by atoms with Crippen molar-refractivity contribution >= 4 is 29.0 Å². The van der Waals surface area contributed by atoms with Gasteiger partial charge in [0, 0.05) is 29.5 Å². The summed E-state index contributed by atoms with van der Waals surface area (Å²) in [5, 5.41) is 5.67. The summed E-state index contributed by atoms with van der Waals surface area (Å²) in [6, 6.07) is 13.1.